The minimum absolute atomic E-state index is 0.0270. The third kappa shape index (κ3) is 3.42. The Morgan fingerprint density at radius 1 is 1.04 bits per heavy atom. The Bertz CT molecular complexity index is 762. The Morgan fingerprint density at radius 2 is 1.81 bits per heavy atom. The van der Waals surface area contributed by atoms with Crippen LogP contribution in [0.25, 0.3) is 11.1 Å². The number of carbonyl (C=O) groups is 1. The normalized spacial score (nSPS) is 19.0. The molecule has 2 N–H and O–H groups in total. The number of anilines is 1. The fourth-order valence-electron chi connectivity index (χ4n) is 4.05. The lowest BCUT2D eigenvalue weighted by Crippen LogP contribution is -2.46. The van der Waals surface area contributed by atoms with Gasteiger partial charge in [0.1, 0.15) is 5.69 Å². The Kier molecular flexibility index (Phi) is 4.84. The van der Waals surface area contributed by atoms with Gasteiger partial charge in [-0.1, -0.05) is 6.07 Å². The molecule has 0 spiro atoms. The third-order valence-corrected chi connectivity index (χ3v) is 5.55. The number of aromatic nitrogens is 2. The highest BCUT2D eigenvalue weighted by Gasteiger charge is 2.29. The number of amides is 1. The van der Waals surface area contributed by atoms with Crippen LogP contribution in [0.1, 0.15) is 36.2 Å². The average molecular weight is 351 g/mol. The minimum atomic E-state index is 0.0270. The van der Waals surface area contributed by atoms with E-state index in [9.17, 15) is 4.79 Å². The highest BCUT2D eigenvalue weighted by atomic mass is 16.2. The number of carbonyl (C=O) groups excluding carboxylic acids is 1. The summed E-state index contributed by atoms with van der Waals surface area (Å²) in [7, 11) is 0. The van der Waals surface area contributed by atoms with Gasteiger partial charge in [-0.3, -0.25) is 14.8 Å². The van der Waals surface area contributed by atoms with Gasteiger partial charge >= 0.3 is 0 Å². The van der Waals surface area contributed by atoms with E-state index in [-0.39, 0.29) is 5.91 Å². The van der Waals surface area contributed by atoms with Crippen molar-refractivity contribution in [1.29, 1.82) is 0 Å². The second-order valence-electron chi connectivity index (χ2n) is 7.16. The van der Waals surface area contributed by atoms with Gasteiger partial charge in [-0.05, 0) is 50.9 Å². The number of nitrogens with two attached hydrogens (primary N) is 1. The highest BCUT2D eigenvalue weighted by Crippen LogP contribution is 2.25. The Balaban J connectivity index is 1.40. The molecule has 0 radical (unpaired) electrons. The van der Waals surface area contributed by atoms with Crippen molar-refractivity contribution in [3.63, 3.8) is 0 Å². The van der Waals surface area contributed by atoms with Crippen molar-refractivity contribution in [2.45, 2.75) is 31.7 Å². The number of nitrogens with zero attached hydrogens (tertiary/aromatic N) is 4. The predicted molar refractivity (Wildman–Crippen MR) is 102 cm³/mol. The molecule has 0 bridgehead atoms. The lowest BCUT2D eigenvalue weighted by atomic mass is 10.0. The number of rotatable bonds is 3. The van der Waals surface area contributed by atoms with Crippen molar-refractivity contribution < 1.29 is 4.79 Å². The summed E-state index contributed by atoms with van der Waals surface area (Å²) in [6.45, 7) is 4.08. The van der Waals surface area contributed by atoms with E-state index < -0.39 is 0 Å². The maximum absolute atomic E-state index is 12.8. The van der Waals surface area contributed by atoms with Gasteiger partial charge in [0.15, 0.2) is 0 Å². The van der Waals surface area contributed by atoms with Gasteiger partial charge in [0.2, 0.25) is 0 Å². The molecular formula is C20H25N5O. The quantitative estimate of drug-likeness (QED) is 0.919. The summed E-state index contributed by atoms with van der Waals surface area (Å²) in [4.78, 5) is 25.7. The molecule has 0 atom stereocenters. The topological polar surface area (TPSA) is 75.3 Å². The Hall–Kier alpha value is -2.47. The number of hydrogen-bond donors (Lipinski definition) is 1. The first-order valence-corrected chi connectivity index (χ1v) is 9.41. The molecule has 0 unspecified atom stereocenters. The number of hydrogen-bond acceptors (Lipinski definition) is 5. The van der Waals surface area contributed by atoms with E-state index in [4.69, 9.17) is 5.73 Å². The van der Waals surface area contributed by atoms with Crippen LogP contribution < -0.4 is 5.73 Å². The highest BCUT2D eigenvalue weighted by molar-refractivity contribution is 5.92. The fraction of sp³-hybridized carbons (Fsp3) is 0.450. The lowest BCUT2D eigenvalue weighted by Gasteiger charge is -2.36. The van der Waals surface area contributed by atoms with E-state index in [2.05, 4.69) is 14.9 Å². The monoisotopic (exact) mass is 351 g/mol. The first-order valence-electron chi connectivity index (χ1n) is 9.41. The lowest BCUT2D eigenvalue weighted by molar-refractivity contribution is 0.0639. The number of pyridine rings is 2. The van der Waals surface area contributed by atoms with Crippen LogP contribution in [-0.2, 0) is 0 Å². The molecule has 2 aromatic heterocycles. The summed E-state index contributed by atoms with van der Waals surface area (Å²) in [5, 5.41) is 0. The molecule has 4 rings (SSSR count). The number of piperidine rings is 1. The van der Waals surface area contributed by atoms with Crippen LogP contribution in [0.2, 0.25) is 0 Å². The molecule has 0 saturated carbocycles. The summed E-state index contributed by atoms with van der Waals surface area (Å²) >= 11 is 0. The van der Waals surface area contributed by atoms with Crippen LogP contribution >= 0.6 is 0 Å². The zero-order valence-corrected chi connectivity index (χ0v) is 15.0. The fourth-order valence-corrected chi connectivity index (χ4v) is 4.05. The molecule has 2 fully saturated rings. The molecule has 26 heavy (non-hydrogen) atoms. The minimum Gasteiger partial charge on any atom is -0.397 e. The molecule has 2 aliphatic rings. The van der Waals surface area contributed by atoms with Crippen molar-refractivity contribution in [3.05, 3.63) is 42.5 Å². The van der Waals surface area contributed by atoms with Crippen molar-refractivity contribution in [1.82, 2.24) is 19.8 Å². The predicted octanol–water partition coefficient (Wildman–Crippen LogP) is 2.43. The zero-order chi connectivity index (χ0) is 17.9. The first-order chi connectivity index (χ1) is 12.7. The van der Waals surface area contributed by atoms with E-state index >= 15 is 0 Å². The summed E-state index contributed by atoms with van der Waals surface area (Å²) < 4.78 is 0. The summed E-state index contributed by atoms with van der Waals surface area (Å²) in [5.74, 6) is 0.0270. The standard InChI is InChI=1S/C20H25N5O/c21-18-14-22-8-5-17(18)15-3-4-19(23-13-15)20(26)25-11-6-16(7-12-25)24-9-1-2-10-24/h3-5,8,13-14,16H,1-2,6-7,9-12,21H2. The molecule has 136 valence electrons. The van der Waals surface area contributed by atoms with Gasteiger partial charge in [0.25, 0.3) is 5.91 Å². The van der Waals surface area contributed by atoms with Crippen molar-refractivity contribution in [2.24, 2.45) is 0 Å². The van der Waals surface area contributed by atoms with Crippen molar-refractivity contribution in [2.75, 3.05) is 31.9 Å². The van der Waals surface area contributed by atoms with Crippen molar-refractivity contribution in [3.8, 4) is 11.1 Å². The average Bonchev–Trinajstić information content (AvgIpc) is 3.23. The zero-order valence-electron chi connectivity index (χ0n) is 15.0. The maximum atomic E-state index is 12.8. The maximum Gasteiger partial charge on any atom is 0.272 e. The van der Waals surface area contributed by atoms with Crippen molar-refractivity contribution >= 4 is 11.6 Å². The molecular weight excluding hydrogens is 326 g/mol. The van der Waals surface area contributed by atoms with Crippen LogP contribution in [0.15, 0.2) is 36.8 Å². The molecule has 2 saturated heterocycles. The van der Waals surface area contributed by atoms with Crippen LogP contribution in [-0.4, -0.2) is 57.9 Å². The van der Waals surface area contributed by atoms with Gasteiger partial charge in [-0.2, -0.15) is 0 Å². The molecule has 0 aromatic carbocycles. The molecule has 2 aromatic rings. The smallest absolute Gasteiger partial charge is 0.272 e. The van der Waals surface area contributed by atoms with Gasteiger partial charge in [0, 0.05) is 42.7 Å². The van der Waals surface area contributed by atoms with Crippen LogP contribution in [0.3, 0.4) is 0 Å². The number of nitrogen functional groups attached to an aromatic ring is 1. The van der Waals surface area contributed by atoms with Crippen LogP contribution in [0.4, 0.5) is 5.69 Å². The third-order valence-electron chi connectivity index (χ3n) is 5.55. The van der Waals surface area contributed by atoms with Crippen LogP contribution in [0.5, 0.6) is 0 Å². The molecule has 1 amide bonds. The largest absolute Gasteiger partial charge is 0.397 e. The molecule has 2 aliphatic heterocycles. The van der Waals surface area contributed by atoms with Gasteiger partial charge in [-0.15, -0.1) is 0 Å². The molecule has 6 heteroatoms. The molecule has 6 nitrogen and oxygen atoms in total. The Labute approximate surface area is 154 Å². The Morgan fingerprint density at radius 3 is 2.46 bits per heavy atom. The van der Waals surface area contributed by atoms with Gasteiger partial charge in [0.05, 0.1) is 11.9 Å². The second kappa shape index (κ2) is 7.41. The van der Waals surface area contributed by atoms with E-state index in [1.165, 1.54) is 25.9 Å². The van der Waals surface area contributed by atoms with Crippen LogP contribution in [0, 0.1) is 0 Å². The van der Waals surface area contributed by atoms with Gasteiger partial charge in [-0.25, -0.2) is 0 Å². The summed E-state index contributed by atoms with van der Waals surface area (Å²) in [6, 6.07) is 6.20. The van der Waals surface area contributed by atoms with E-state index in [0.717, 1.165) is 37.1 Å². The molecule has 4 heterocycles. The molecule has 0 aliphatic carbocycles. The van der Waals surface area contributed by atoms with E-state index in [1.54, 1.807) is 24.7 Å². The first kappa shape index (κ1) is 17.0. The SMILES string of the molecule is Nc1cnccc1-c1ccc(C(=O)N2CCC(N3CCCC3)CC2)nc1. The summed E-state index contributed by atoms with van der Waals surface area (Å²) in [5.41, 5.74) is 8.86. The van der Waals surface area contributed by atoms with E-state index in [1.807, 2.05) is 17.0 Å². The van der Waals surface area contributed by atoms with E-state index in [0.29, 0.717) is 17.4 Å². The number of likely N-dealkylation sites (tertiary alicyclic amines) is 2. The summed E-state index contributed by atoms with van der Waals surface area (Å²) in [6.07, 6.45) is 9.81. The second-order valence-corrected chi connectivity index (χ2v) is 7.16. The van der Waals surface area contributed by atoms with Gasteiger partial charge < -0.3 is 15.5 Å².